The number of carboxylic acids is 1. The van der Waals surface area contributed by atoms with Crippen LogP contribution in [0.15, 0.2) is 52.3 Å². The standard InChI is InChI=1S/C15H10Cl2O3S/c16-14-9(6-8-13(19)20)5-7-12(15(14)17)21-11-4-2-1-3-10(11)18/h1-8,18H,(H,19,20)/b8-6+. The SMILES string of the molecule is O=C(O)/C=C/c1ccc(Sc2ccccc2O)c(Cl)c1Cl. The molecule has 2 aromatic rings. The predicted molar refractivity (Wildman–Crippen MR) is 85.4 cm³/mol. The molecule has 0 bridgehead atoms. The first-order valence-corrected chi connectivity index (χ1v) is 7.41. The maximum atomic E-state index is 10.5. The highest BCUT2D eigenvalue weighted by Crippen LogP contribution is 2.41. The van der Waals surface area contributed by atoms with Gasteiger partial charge in [-0.15, -0.1) is 0 Å². The van der Waals surface area contributed by atoms with Gasteiger partial charge in [0.2, 0.25) is 0 Å². The molecule has 2 N–H and O–H groups in total. The topological polar surface area (TPSA) is 57.5 Å². The van der Waals surface area contributed by atoms with E-state index in [1.165, 1.54) is 17.8 Å². The fraction of sp³-hybridized carbons (Fsp3) is 0. The lowest BCUT2D eigenvalue weighted by Gasteiger charge is -2.09. The van der Waals surface area contributed by atoms with E-state index in [-0.39, 0.29) is 10.8 Å². The molecule has 0 fully saturated rings. The van der Waals surface area contributed by atoms with Crippen molar-refractivity contribution in [3.63, 3.8) is 0 Å². The van der Waals surface area contributed by atoms with Gasteiger partial charge in [-0.3, -0.25) is 0 Å². The summed E-state index contributed by atoms with van der Waals surface area (Å²) in [4.78, 5) is 11.9. The van der Waals surface area contributed by atoms with Gasteiger partial charge in [-0.05, 0) is 29.8 Å². The first-order chi connectivity index (χ1) is 9.99. The molecule has 0 amide bonds. The summed E-state index contributed by atoms with van der Waals surface area (Å²) in [6, 6.07) is 10.3. The fourth-order valence-electron chi connectivity index (χ4n) is 1.58. The Bertz CT molecular complexity index is 714. The van der Waals surface area contributed by atoms with Gasteiger partial charge in [0.15, 0.2) is 0 Å². The second-order valence-corrected chi connectivity index (χ2v) is 5.86. The van der Waals surface area contributed by atoms with E-state index in [9.17, 15) is 9.90 Å². The van der Waals surface area contributed by atoms with Crippen molar-refractivity contribution in [2.24, 2.45) is 0 Å². The van der Waals surface area contributed by atoms with Crippen molar-refractivity contribution in [3.05, 3.63) is 58.1 Å². The number of hydrogen-bond donors (Lipinski definition) is 2. The van der Waals surface area contributed by atoms with Crippen LogP contribution < -0.4 is 0 Å². The van der Waals surface area contributed by atoms with Crippen LogP contribution in [0.2, 0.25) is 10.0 Å². The Kier molecular flexibility index (Phi) is 5.17. The molecule has 2 rings (SSSR count). The minimum absolute atomic E-state index is 0.157. The van der Waals surface area contributed by atoms with Crippen LogP contribution in [-0.4, -0.2) is 16.2 Å². The highest BCUT2D eigenvalue weighted by atomic mass is 35.5. The maximum absolute atomic E-state index is 10.5. The molecule has 108 valence electrons. The number of halogens is 2. The molecule has 0 spiro atoms. The van der Waals surface area contributed by atoms with E-state index in [4.69, 9.17) is 28.3 Å². The van der Waals surface area contributed by atoms with Gasteiger partial charge in [0.25, 0.3) is 0 Å². The van der Waals surface area contributed by atoms with Gasteiger partial charge in [0, 0.05) is 11.0 Å². The summed E-state index contributed by atoms with van der Waals surface area (Å²) in [6.45, 7) is 0. The van der Waals surface area contributed by atoms with Gasteiger partial charge in [-0.1, -0.05) is 53.2 Å². The molecule has 0 aromatic heterocycles. The third-order valence-electron chi connectivity index (χ3n) is 2.57. The number of hydrogen-bond acceptors (Lipinski definition) is 3. The molecular formula is C15H10Cl2O3S. The summed E-state index contributed by atoms with van der Waals surface area (Å²) in [5, 5.41) is 19.0. The number of rotatable bonds is 4. The minimum atomic E-state index is -1.06. The highest BCUT2D eigenvalue weighted by Gasteiger charge is 2.11. The maximum Gasteiger partial charge on any atom is 0.328 e. The summed E-state index contributed by atoms with van der Waals surface area (Å²) in [5.74, 6) is -0.903. The first-order valence-electron chi connectivity index (χ1n) is 5.84. The molecule has 21 heavy (non-hydrogen) atoms. The van der Waals surface area contributed by atoms with Crippen molar-refractivity contribution in [3.8, 4) is 5.75 Å². The number of carbonyl (C=O) groups is 1. The summed E-state index contributed by atoms with van der Waals surface area (Å²) < 4.78 is 0. The third kappa shape index (κ3) is 3.94. The van der Waals surface area contributed by atoms with Crippen molar-refractivity contribution in [2.75, 3.05) is 0 Å². The van der Waals surface area contributed by atoms with Crippen molar-refractivity contribution in [1.29, 1.82) is 0 Å². The predicted octanol–water partition coefficient (Wildman–Crippen LogP) is 4.95. The number of para-hydroxylation sites is 1. The van der Waals surface area contributed by atoms with Crippen molar-refractivity contribution < 1.29 is 15.0 Å². The van der Waals surface area contributed by atoms with Crippen LogP contribution in [0.1, 0.15) is 5.56 Å². The van der Waals surface area contributed by atoms with E-state index in [2.05, 4.69) is 0 Å². The first kappa shape index (κ1) is 15.8. The Morgan fingerprint density at radius 1 is 1.05 bits per heavy atom. The van der Waals surface area contributed by atoms with Crippen LogP contribution in [0.3, 0.4) is 0 Å². The quantitative estimate of drug-likeness (QED) is 0.773. The summed E-state index contributed by atoms with van der Waals surface area (Å²) in [5.41, 5.74) is 0.519. The molecular weight excluding hydrogens is 331 g/mol. The van der Waals surface area contributed by atoms with Gasteiger partial charge in [0.05, 0.1) is 14.9 Å². The van der Waals surface area contributed by atoms with Gasteiger partial charge >= 0.3 is 5.97 Å². The Hall–Kier alpha value is -1.62. The molecule has 0 unspecified atom stereocenters. The second kappa shape index (κ2) is 6.89. The average Bonchev–Trinajstić information content (AvgIpc) is 2.45. The number of aliphatic carboxylic acids is 1. The summed E-state index contributed by atoms with van der Waals surface area (Å²) >= 11 is 13.6. The molecule has 0 aliphatic heterocycles. The van der Waals surface area contributed by atoms with Gasteiger partial charge in [-0.2, -0.15) is 0 Å². The molecule has 0 aliphatic rings. The molecule has 0 aliphatic carbocycles. The molecule has 2 aromatic carbocycles. The molecule has 0 heterocycles. The van der Waals surface area contributed by atoms with Gasteiger partial charge in [0.1, 0.15) is 5.75 Å². The van der Waals surface area contributed by atoms with E-state index in [1.54, 1.807) is 30.3 Å². The van der Waals surface area contributed by atoms with E-state index in [0.717, 1.165) is 6.08 Å². The molecule has 6 heteroatoms. The number of aromatic hydroxyl groups is 1. The molecule has 0 saturated carbocycles. The highest BCUT2D eigenvalue weighted by molar-refractivity contribution is 7.99. The van der Waals surface area contributed by atoms with E-state index in [0.29, 0.717) is 20.4 Å². The Labute approximate surface area is 135 Å². The van der Waals surface area contributed by atoms with E-state index in [1.807, 2.05) is 6.07 Å². The van der Waals surface area contributed by atoms with Crippen LogP contribution in [0.25, 0.3) is 6.08 Å². The minimum Gasteiger partial charge on any atom is -0.507 e. The smallest absolute Gasteiger partial charge is 0.328 e. The Morgan fingerprint density at radius 3 is 2.43 bits per heavy atom. The zero-order valence-electron chi connectivity index (χ0n) is 10.6. The monoisotopic (exact) mass is 340 g/mol. The lowest BCUT2D eigenvalue weighted by Crippen LogP contribution is -1.87. The van der Waals surface area contributed by atoms with Crippen LogP contribution >= 0.6 is 35.0 Å². The lowest BCUT2D eigenvalue weighted by atomic mass is 10.2. The largest absolute Gasteiger partial charge is 0.507 e. The van der Waals surface area contributed by atoms with Crippen LogP contribution in [0.5, 0.6) is 5.75 Å². The molecule has 0 saturated heterocycles. The normalized spacial score (nSPS) is 11.0. The molecule has 3 nitrogen and oxygen atoms in total. The second-order valence-electron chi connectivity index (χ2n) is 4.02. The number of phenolic OH excluding ortho intramolecular Hbond substituents is 1. The zero-order chi connectivity index (χ0) is 15.4. The third-order valence-corrected chi connectivity index (χ3v) is 4.70. The number of phenols is 1. The lowest BCUT2D eigenvalue weighted by molar-refractivity contribution is -0.131. The number of carboxylic acid groups (broad SMARTS) is 1. The van der Waals surface area contributed by atoms with Gasteiger partial charge in [-0.25, -0.2) is 4.79 Å². The molecule has 0 atom stereocenters. The number of benzene rings is 2. The summed E-state index contributed by atoms with van der Waals surface area (Å²) in [6.07, 6.45) is 2.37. The molecule has 0 radical (unpaired) electrons. The van der Waals surface area contributed by atoms with Crippen LogP contribution in [-0.2, 0) is 4.79 Å². The van der Waals surface area contributed by atoms with Crippen molar-refractivity contribution in [1.82, 2.24) is 0 Å². The Morgan fingerprint density at radius 2 is 1.76 bits per heavy atom. The van der Waals surface area contributed by atoms with Gasteiger partial charge < -0.3 is 10.2 Å². The van der Waals surface area contributed by atoms with Crippen molar-refractivity contribution in [2.45, 2.75) is 9.79 Å². The van der Waals surface area contributed by atoms with Crippen LogP contribution in [0.4, 0.5) is 0 Å². The van der Waals surface area contributed by atoms with E-state index >= 15 is 0 Å². The summed E-state index contributed by atoms with van der Waals surface area (Å²) in [7, 11) is 0. The zero-order valence-corrected chi connectivity index (χ0v) is 12.9. The average molecular weight is 341 g/mol. The fourth-order valence-corrected chi connectivity index (χ4v) is 3.03. The van der Waals surface area contributed by atoms with Crippen LogP contribution in [0, 0.1) is 0 Å². The Balaban J connectivity index is 2.33. The van der Waals surface area contributed by atoms with Crippen molar-refractivity contribution >= 4 is 47.0 Å². The van der Waals surface area contributed by atoms with E-state index < -0.39 is 5.97 Å².